The van der Waals surface area contributed by atoms with Gasteiger partial charge in [-0.1, -0.05) is 24.3 Å². The summed E-state index contributed by atoms with van der Waals surface area (Å²) in [6.07, 6.45) is 4.71. The maximum Gasteiger partial charge on any atom is 0.254 e. The van der Waals surface area contributed by atoms with Crippen LogP contribution in [0.2, 0.25) is 0 Å². The van der Waals surface area contributed by atoms with Gasteiger partial charge in [0.1, 0.15) is 17.6 Å². The van der Waals surface area contributed by atoms with Crippen LogP contribution in [0.15, 0.2) is 66.0 Å². The molecule has 0 bridgehead atoms. The molecular weight excluding hydrogens is 539 g/mol. The number of thiophene rings is 1. The number of halogens is 1. The molecule has 3 aromatic rings. The average molecular weight is 579 g/mol. The van der Waals surface area contributed by atoms with E-state index in [-0.39, 0.29) is 35.8 Å². The number of hydrogen-bond donors (Lipinski definition) is 2. The minimum atomic E-state index is -0.609. The van der Waals surface area contributed by atoms with Crippen LogP contribution < -0.4 is 15.8 Å². The highest BCUT2D eigenvalue weighted by atomic mass is 32.1. The molecule has 2 heterocycles. The van der Waals surface area contributed by atoms with Crippen LogP contribution in [-0.2, 0) is 17.9 Å². The Hall–Kier alpha value is -3.27. The van der Waals surface area contributed by atoms with Crippen molar-refractivity contribution in [1.82, 2.24) is 15.1 Å². The van der Waals surface area contributed by atoms with Crippen LogP contribution in [0.4, 0.5) is 4.39 Å². The summed E-state index contributed by atoms with van der Waals surface area (Å²) in [5.41, 5.74) is 7.61. The van der Waals surface area contributed by atoms with E-state index in [0.717, 1.165) is 44.2 Å². The van der Waals surface area contributed by atoms with Crippen LogP contribution in [0.1, 0.15) is 59.3 Å². The fourth-order valence-corrected chi connectivity index (χ4v) is 6.72. The molecule has 5 rings (SSSR count). The largest absolute Gasteiger partial charge is 0.497 e. The van der Waals surface area contributed by atoms with Gasteiger partial charge < -0.3 is 20.7 Å². The van der Waals surface area contributed by atoms with Crippen molar-refractivity contribution in [3.8, 4) is 5.75 Å². The van der Waals surface area contributed by atoms with Gasteiger partial charge in [-0.15, -0.1) is 11.3 Å². The molecule has 0 radical (unpaired) electrons. The zero-order valence-electron chi connectivity index (χ0n) is 23.5. The van der Waals surface area contributed by atoms with Crippen LogP contribution in [0, 0.1) is 5.82 Å². The molecule has 1 unspecified atom stereocenters. The molecule has 1 aromatic heterocycles. The molecule has 1 aliphatic carbocycles. The van der Waals surface area contributed by atoms with Gasteiger partial charge in [-0.05, 0) is 85.9 Å². The predicted molar refractivity (Wildman–Crippen MR) is 159 cm³/mol. The smallest absolute Gasteiger partial charge is 0.254 e. The number of piperidine rings is 1. The second-order valence-corrected chi connectivity index (χ2v) is 12.2. The van der Waals surface area contributed by atoms with Gasteiger partial charge in [-0.3, -0.25) is 14.5 Å². The minimum Gasteiger partial charge on any atom is -0.497 e. The van der Waals surface area contributed by atoms with E-state index in [2.05, 4.69) is 21.7 Å². The molecule has 7 nitrogen and oxygen atoms in total. The van der Waals surface area contributed by atoms with Gasteiger partial charge >= 0.3 is 0 Å². The molecule has 218 valence electrons. The van der Waals surface area contributed by atoms with Crippen molar-refractivity contribution in [3.63, 3.8) is 0 Å². The van der Waals surface area contributed by atoms with Gasteiger partial charge in [-0.25, -0.2) is 4.39 Å². The van der Waals surface area contributed by atoms with Crippen LogP contribution in [0.5, 0.6) is 5.75 Å². The molecule has 9 heteroatoms. The van der Waals surface area contributed by atoms with E-state index in [4.69, 9.17) is 10.5 Å². The molecule has 2 amide bonds. The first-order valence-electron chi connectivity index (χ1n) is 14.4. The second-order valence-electron chi connectivity index (χ2n) is 11.2. The number of hydrogen-bond acceptors (Lipinski definition) is 6. The monoisotopic (exact) mass is 578 g/mol. The lowest BCUT2D eigenvalue weighted by Crippen LogP contribution is -2.58. The third-order valence-electron chi connectivity index (χ3n) is 8.33. The van der Waals surface area contributed by atoms with E-state index in [0.29, 0.717) is 30.8 Å². The standard InChI is InChI=1S/C32H39FN4O3S/c1-40-28-5-2-4-23(18-28)32(39)37-16-15-27(19-30(37)31(38)35-26-13-11-25(34)12-14-26)36(21-29-6-3-17-41-29)20-22-7-9-24(33)10-8-22/h2-10,17-18,25-27,30H,11-16,19-21,34H2,1H3,(H,35,38)/t25?,26?,27?,30-/m1/s1. The van der Waals surface area contributed by atoms with E-state index in [1.807, 2.05) is 18.2 Å². The highest BCUT2D eigenvalue weighted by Gasteiger charge is 2.39. The summed E-state index contributed by atoms with van der Waals surface area (Å²) in [6.45, 7) is 1.80. The number of nitrogens with two attached hydrogens (primary N) is 1. The molecule has 1 saturated heterocycles. The highest BCUT2D eigenvalue weighted by Crippen LogP contribution is 2.29. The zero-order chi connectivity index (χ0) is 28.8. The summed E-state index contributed by atoms with van der Waals surface area (Å²) in [5, 5.41) is 5.32. The Bertz CT molecular complexity index is 1290. The quantitative estimate of drug-likeness (QED) is 0.375. The molecule has 41 heavy (non-hydrogen) atoms. The number of carbonyl (C=O) groups excluding carboxylic acids is 2. The molecule has 1 aliphatic heterocycles. The Balaban J connectivity index is 1.39. The molecule has 2 atom stereocenters. The second kappa shape index (κ2) is 13.6. The summed E-state index contributed by atoms with van der Waals surface area (Å²) in [5.74, 6) is 0.0656. The molecule has 2 aromatic carbocycles. The summed E-state index contributed by atoms with van der Waals surface area (Å²) in [6, 6.07) is 17.6. The third kappa shape index (κ3) is 7.52. The summed E-state index contributed by atoms with van der Waals surface area (Å²) >= 11 is 1.70. The van der Waals surface area contributed by atoms with Crippen molar-refractivity contribution in [2.24, 2.45) is 5.73 Å². The highest BCUT2D eigenvalue weighted by molar-refractivity contribution is 7.09. The van der Waals surface area contributed by atoms with E-state index >= 15 is 0 Å². The van der Waals surface area contributed by atoms with Crippen molar-refractivity contribution >= 4 is 23.2 Å². The number of rotatable bonds is 9. The third-order valence-corrected chi connectivity index (χ3v) is 9.19. The SMILES string of the molecule is COc1cccc(C(=O)N2CCC(N(Cc3ccc(F)cc3)Cc3cccs3)C[C@@H]2C(=O)NC2CCC(N)CC2)c1. The number of likely N-dealkylation sites (tertiary alicyclic amines) is 1. The van der Waals surface area contributed by atoms with Gasteiger partial charge in [-0.2, -0.15) is 0 Å². The van der Waals surface area contributed by atoms with E-state index < -0.39 is 6.04 Å². The van der Waals surface area contributed by atoms with Crippen LogP contribution in [-0.4, -0.2) is 59.4 Å². The maximum atomic E-state index is 13.9. The number of carbonyl (C=O) groups is 2. The summed E-state index contributed by atoms with van der Waals surface area (Å²) in [7, 11) is 1.57. The lowest BCUT2D eigenvalue weighted by Gasteiger charge is -2.43. The molecule has 2 fully saturated rings. The zero-order valence-corrected chi connectivity index (χ0v) is 24.3. The Morgan fingerprint density at radius 1 is 1.05 bits per heavy atom. The Kier molecular flexibility index (Phi) is 9.69. The molecular formula is C32H39FN4O3S. The van der Waals surface area contributed by atoms with Gasteiger partial charge in [0.15, 0.2) is 0 Å². The first-order valence-corrected chi connectivity index (χ1v) is 15.3. The number of methoxy groups -OCH3 is 1. The lowest BCUT2D eigenvalue weighted by molar-refractivity contribution is -0.128. The van der Waals surface area contributed by atoms with Crippen LogP contribution in [0.25, 0.3) is 0 Å². The number of ether oxygens (including phenoxy) is 1. The lowest BCUT2D eigenvalue weighted by atomic mass is 9.90. The minimum absolute atomic E-state index is 0.0621. The number of amides is 2. The predicted octanol–water partition coefficient (Wildman–Crippen LogP) is 4.96. The van der Waals surface area contributed by atoms with Gasteiger partial charge in [0.2, 0.25) is 5.91 Å². The molecule has 3 N–H and O–H groups in total. The van der Waals surface area contributed by atoms with Crippen molar-refractivity contribution in [1.29, 1.82) is 0 Å². The first kappa shape index (κ1) is 29.2. The van der Waals surface area contributed by atoms with Gasteiger partial charge in [0, 0.05) is 48.2 Å². The van der Waals surface area contributed by atoms with Gasteiger partial charge in [0.25, 0.3) is 5.91 Å². The Labute approximate surface area is 245 Å². The molecule has 0 spiro atoms. The first-order chi connectivity index (χ1) is 19.9. The van der Waals surface area contributed by atoms with Crippen molar-refractivity contribution in [3.05, 3.63) is 87.9 Å². The number of nitrogens with one attached hydrogen (secondary N) is 1. The number of nitrogens with zero attached hydrogens (tertiary/aromatic N) is 2. The summed E-state index contributed by atoms with van der Waals surface area (Å²) in [4.78, 5) is 33.0. The van der Waals surface area contributed by atoms with Crippen molar-refractivity contribution < 1.29 is 18.7 Å². The van der Waals surface area contributed by atoms with E-state index in [1.54, 1.807) is 47.6 Å². The summed E-state index contributed by atoms with van der Waals surface area (Å²) < 4.78 is 19.0. The van der Waals surface area contributed by atoms with Crippen LogP contribution >= 0.6 is 11.3 Å². The fraction of sp³-hybridized carbons (Fsp3) is 0.438. The van der Waals surface area contributed by atoms with Gasteiger partial charge in [0.05, 0.1) is 7.11 Å². The normalized spacial score (nSPS) is 22.9. The van der Waals surface area contributed by atoms with Crippen molar-refractivity contribution in [2.75, 3.05) is 13.7 Å². The van der Waals surface area contributed by atoms with Crippen LogP contribution in [0.3, 0.4) is 0 Å². The average Bonchev–Trinajstić information content (AvgIpc) is 3.51. The van der Waals surface area contributed by atoms with E-state index in [9.17, 15) is 14.0 Å². The Morgan fingerprint density at radius 3 is 2.54 bits per heavy atom. The number of benzene rings is 2. The van der Waals surface area contributed by atoms with Crippen molar-refractivity contribution in [2.45, 2.75) is 75.8 Å². The van der Waals surface area contributed by atoms with E-state index in [1.165, 1.54) is 17.0 Å². The topological polar surface area (TPSA) is 87.9 Å². The molecule has 2 aliphatic rings. The maximum absolute atomic E-state index is 13.9. The molecule has 1 saturated carbocycles. The Morgan fingerprint density at radius 2 is 1.83 bits per heavy atom. The fourth-order valence-electron chi connectivity index (χ4n) is 5.99.